The number of thioether (sulfide) groups is 1. The maximum atomic E-state index is 12.5. The molecule has 0 spiro atoms. The Labute approximate surface area is 120 Å². The Morgan fingerprint density at radius 1 is 1.65 bits per heavy atom. The van der Waals surface area contributed by atoms with Crippen LogP contribution in [0.25, 0.3) is 0 Å². The number of imidazole rings is 1. The van der Waals surface area contributed by atoms with E-state index in [1.165, 1.54) is 6.33 Å². The molecule has 1 fully saturated rings. The summed E-state index contributed by atoms with van der Waals surface area (Å²) in [5.41, 5.74) is -0.200. The number of carbonyl (C=O) groups is 2. The van der Waals surface area contributed by atoms with Gasteiger partial charge in [-0.15, -0.1) is 0 Å². The highest BCUT2D eigenvalue weighted by Crippen LogP contribution is 2.24. The van der Waals surface area contributed by atoms with Crippen molar-refractivity contribution < 1.29 is 19.4 Å². The fraction of sp³-hybridized carbons (Fsp3) is 0.583. The molecule has 1 aromatic rings. The summed E-state index contributed by atoms with van der Waals surface area (Å²) in [5.74, 6) is 0.335. The molecule has 0 radical (unpaired) electrons. The minimum Gasteiger partial charge on any atom is -0.477 e. The van der Waals surface area contributed by atoms with Gasteiger partial charge in [0.2, 0.25) is 0 Å². The van der Waals surface area contributed by atoms with Crippen molar-refractivity contribution in [2.45, 2.75) is 12.5 Å². The van der Waals surface area contributed by atoms with E-state index in [4.69, 9.17) is 9.84 Å². The minimum atomic E-state index is -1.18. The zero-order valence-corrected chi connectivity index (χ0v) is 12.0. The fourth-order valence-electron chi connectivity index (χ4n) is 2.16. The smallest absolute Gasteiger partial charge is 0.354 e. The average Bonchev–Trinajstić information content (AvgIpc) is 3.10. The number of H-pyrrole nitrogens is 1. The molecular weight excluding hydrogens is 282 g/mol. The van der Waals surface area contributed by atoms with Crippen molar-refractivity contribution in [3.05, 3.63) is 17.7 Å². The second kappa shape index (κ2) is 6.76. The third-order valence-corrected chi connectivity index (χ3v) is 4.34. The Morgan fingerprint density at radius 3 is 3.05 bits per heavy atom. The summed E-state index contributed by atoms with van der Waals surface area (Å²) in [6, 6.07) is 0.112. The number of rotatable bonds is 6. The molecular formula is C12H17N3O4S. The molecule has 7 nitrogen and oxygen atoms in total. The first-order chi connectivity index (χ1) is 9.65. The molecule has 0 aromatic carbocycles. The van der Waals surface area contributed by atoms with E-state index in [0.29, 0.717) is 13.2 Å². The summed E-state index contributed by atoms with van der Waals surface area (Å²) in [5, 5.41) is 9.06. The lowest BCUT2D eigenvalue weighted by molar-refractivity contribution is 0.0600. The van der Waals surface area contributed by atoms with Gasteiger partial charge in [0.05, 0.1) is 12.9 Å². The second-order valence-corrected chi connectivity index (χ2v) is 5.59. The molecule has 1 aliphatic rings. The minimum absolute atomic E-state index is 0.0366. The number of amides is 1. The first-order valence-corrected chi connectivity index (χ1v) is 7.45. The van der Waals surface area contributed by atoms with Crippen molar-refractivity contribution in [2.24, 2.45) is 0 Å². The topological polar surface area (TPSA) is 95.5 Å². The van der Waals surface area contributed by atoms with Crippen LogP contribution in [-0.2, 0) is 4.74 Å². The molecule has 20 heavy (non-hydrogen) atoms. The van der Waals surface area contributed by atoms with E-state index >= 15 is 0 Å². The van der Waals surface area contributed by atoms with E-state index in [9.17, 15) is 9.59 Å². The summed E-state index contributed by atoms with van der Waals surface area (Å²) in [4.78, 5) is 31.6. The predicted molar refractivity (Wildman–Crippen MR) is 74.2 cm³/mol. The van der Waals surface area contributed by atoms with Gasteiger partial charge >= 0.3 is 5.97 Å². The highest BCUT2D eigenvalue weighted by Gasteiger charge is 2.31. The highest BCUT2D eigenvalue weighted by molar-refractivity contribution is 7.99. The second-order valence-electron chi connectivity index (χ2n) is 4.44. The van der Waals surface area contributed by atoms with E-state index in [0.717, 1.165) is 17.9 Å². The van der Waals surface area contributed by atoms with Crippen LogP contribution in [0.15, 0.2) is 6.33 Å². The van der Waals surface area contributed by atoms with E-state index in [-0.39, 0.29) is 23.3 Å². The van der Waals surface area contributed by atoms with Gasteiger partial charge in [-0.1, -0.05) is 0 Å². The average molecular weight is 299 g/mol. The van der Waals surface area contributed by atoms with E-state index < -0.39 is 5.97 Å². The first-order valence-electron chi connectivity index (χ1n) is 6.29. The number of aromatic nitrogens is 2. The van der Waals surface area contributed by atoms with Gasteiger partial charge in [-0.3, -0.25) is 4.79 Å². The zero-order chi connectivity index (χ0) is 14.5. The molecule has 2 rings (SSSR count). The zero-order valence-electron chi connectivity index (χ0n) is 11.2. The number of hydrogen-bond acceptors (Lipinski definition) is 5. The number of carboxylic acids is 1. The van der Waals surface area contributed by atoms with Crippen LogP contribution in [0.2, 0.25) is 0 Å². The largest absolute Gasteiger partial charge is 0.477 e. The summed E-state index contributed by atoms with van der Waals surface area (Å²) in [7, 11) is 1.57. The standard InChI is InChI=1S/C12H17N3O4S/c1-19-4-3-15(8-2-5-20-6-8)11(16)9-10(12(17)18)14-7-13-9/h7-8H,2-6H2,1H3,(H,13,14)(H,17,18). The molecule has 110 valence electrons. The molecule has 0 bridgehead atoms. The van der Waals surface area contributed by atoms with Crippen LogP contribution in [0.5, 0.6) is 0 Å². The fourth-order valence-corrected chi connectivity index (χ4v) is 3.39. The Bertz CT molecular complexity index is 485. The van der Waals surface area contributed by atoms with Crippen LogP contribution in [0, 0.1) is 0 Å². The number of hydrogen-bond donors (Lipinski definition) is 2. The van der Waals surface area contributed by atoms with E-state index in [1.807, 2.05) is 0 Å². The highest BCUT2D eigenvalue weighted by atomic mass is 32.2. The molecule has 2 heterocycles. The Hall–Kier alpha value is -1.54. The molecule has 2 N–H and O–H groups in total. The van der Waals surface area contributed by atoms with Gasteiger partial charge in [-0.2, -0.15) is 11.8 Å². The van der Waals surface area contributed by atoms with Crippen LogP contribution in [0.1, 0.15) is 27.4 Å². The monoisotopic (exact) mass is 299 g/mol. The normalized spacial score (nSPS) is 18.1. The molecule has 0 saturated carbocycles. The van der Waals surface area contributed by atoms with Gasteiger partial charge in [0, 0.05) is 25.4 Å². The third kappa shape index (κ3) is 3.13. The van der Waals surface area contributed by atoms with E-state index in [1.54, 1.807) is 23.8 Å². The molecule has 0 aliphatic carbocycles. The Kier molecular flexibility index (Phi) is 5.02. The summed E-state index contributed by atoms with van der Waals surface area (Å²) >= 11 is 1.79. The molecule has 1 unspecified atom stereocenters. The first kappa shape index (κ1) is 14.9. The number of carbonyl (C=O) groups excluding carboxylic acids is 1. The van der Waals surface area contributed by atoms with Gasteiger partial charge in [0.1, 0.15) is 0 Å². The molecule has 8 heteroatoms. The maximum absolute atomic E-state index is 12.5. The number of ether oxygens (including phenoxy) is 1. The van der Waals surface area contributed by atoms with Gasteiger partial charge < -0.3 is 19.7 Å². The number of aromatic amines is 1. The third-order valence-electron chi connectivity index (χ3n) is 3.20. The lowest BCUT2D eigenvalue weighted by Crippen LogP contribution is -2.43. The van der Waals surface area contributed by atoms with Crippen molar-refractivity contribution in [1.29, 1.82) is 0 Å². The van der Waals surface area contributed by atoms with Gasteiger partial charge in [-0.25, -0.2) is 9.78 Å². The molecule has 1 atom stereocenters. The summed E-state index contributed by atoms with van der Waals surface area (Å²) in [6.45, 7) is 0.853. The maximum Gasteiger partial charge on any atom is 0.354 e. The van der Waals surface area contributed by atoms with Gasteiger partial charge in [0.15, 0.2) is 11.4 Å². The number of carboxylic acid groups (broad SMARTS) is 1. The summed E-state index contributed by atoms with van der Waals surface area (Å²) < 4.78 is 5.03. The van der Waals surface area contributed by atoms with Crippen LogP contribution < -0.4 is 0 Å². The van der Waals surface area contributed by atoms with Crippen molar-refractivity contribution in [1.82, 2.24) is 14.9 Å². The predicted octanol–water partition coefficient (Wildman–Crippen LogP) is 0.702. The van der Waals surface area contributed by atoms with Crippen LogP contribution in [0.3, 0.4) is 0 Å². The molecule has 1 amide bonds. The Morgan fingerprint density at radius 2 is 2.45 bits per heavy atom. The number of methoxy groups -OCH3 is 1. The molecule has 1 aromatic heterocycles. The number of aromatic carboxylic acids is 1. The Balaban J connectivity index is 2.20. The van der Waals surface area contributed by atoms with Crippen LogP contribution >= 0.6 is 11.8 Å². The lowest BCUT2D eigenvalue weighted by Gasteiger charge is -2.27. The van der Waals surface area contributed by atoms with Gasteiger partial charge in [-0.05, 0) is 12.2 Å². The number of nitrogens with one attached hydrogen (secondary N) is 1. The van der Waals surface area contributed by atoms with Crippen molar-refractivity contribution in [2.75, 3.05) is 31.8 Å². The van der Waals surface area contributed by atoms with Crippen LogP contribution in [-0.4, -0.2) is 69.7 Å². The van der Waals surface area contributed by atoms with Crippen molar-refractivity contribution >= 4 is 23.6 Å². The van der Waals surface area contributed by atoms with Crippen molar-refractivity contribution in [3.8, 4) is 0 Å². The summed E-state index contributed by atoms with van der Waals surface area (Å²) in [6.07, 6.45) is 2.14. The SMILES string of the molecule is COCCN(C(=O)c1nc[nH]c1C(=O)O)C1CCSC1. The van der Waals surface area contributed by atoms with Crippen LogP contribution in [0.4, 0.5) is 0 Å². The lowest BCUT2D eigenvalue weighted by atomic mass is 10.2. The quantitative estimate of drug-likeness (QED) is 0.803. The number of nitrogens with zero attached hydrogens (tertiary/aromatic N) is 2. The molecule has 1 saturated heterocycles. The molecule has 1 aliphatic heterocycles. The van der Waals surface area contributed by atoms with Gasteiger partial charge in [0.25, 0.3) is 5.91 Å². The van der Waals surface area contributed by atoms with Crippen molar-refractivity contribution in [3.63, 3.8) is 0 Å². The van der Waals surface area contributed by atoms with E-state index in [2.05, 4.69) is 9.97 Å².